The first kappa shape index (κ1) is 8.42. The predicted octanol–water partition coefficient (Wildman–Crippen LogP) is 2.16. The maximum Gasteiger partial charge on any atom is 0.181 e. The molecule has 2 heteroatoms. The monoisotopic (exact) mass is 175 g/mol. The summed E-state index contributed by atoms with van der Waals surface area (Å²) in [4.78, 5) is 15.9. The van der Waals surface area contributed by atoms with Gasteiger partial charge in [-0.25, -0.2) is 4.98 Å². The summed E-state index contributed by atoms with van der Waals surface area (Å²) in [6.07, 6.45) is 3.57. The average molecular weight is 175 g/mol. The highest BCUT2D eigenvalue weighted by molar-refractivity contribution is 5.96. The summed E-state index contributed by atoms with van der Waals surface area (Å²) >= 11 is 0. The lowest BCUT2D eigenvalue weighted by atomic mass is 9.94. The summed E-state index contributed by atoms with van der Waals surface area (Å²) < 4.78 is 0. The Hall–Kier alpha value is -1.18. The Labute approximate surface area is 78.0 Å². The van der Waals surface area contributed by atoms with Crippen LogP contribution in [0.4, 0.5) is 0 Å². The second-order valence-corrected chi connectivity index (χ2v) is 3.44. The summed E-state index contributed by atoms with van der Waals surface area (Å²) in [6.45, 7) is 2.06. The molecule has 0 unspecified atom stereocenters. The van der Waals surface area contributed by atoms with Gasteiger partial charge in [0.25, 0.3) is 0 Å². The minimum atomic E-state index is 0.219. The Kier molecular flexibility index (Phi) is 2.13. The van der Waals surface area contributed by atoms with Gasteiger partial charge < -0.3 is 0 Å². The Morgan fingerprint density at radius 1 is 1.38 bits per heavy atom. The summed E-state index contributed by atoms with van der Waals surface area (Å²) in [5.41, 5.74) is 2.88. The van der Waals surface area contributed by atoms with Gasteiger partial charge in [0, 0.05) is 12.1 Å². The fourth-order valence-corrected chi connectivity index (χ4v) is 1.73. The van der Waals surface area contributed by atoms with Crippen LogP contribution in [-0.2, 0) is 12.8 Å². The minimum absolute atomic E-state index is 0.219. The Bertz CT molecular complexity index is 344. The molecule has 2 rings (SSSR count). The number of carbonyl (C=O) groups excluding carboxylic acids is 1. The van der Waals surface area contributed by atoms with E-state index in [0.717, 1.165) is 36.2 Å². The van der Waals surface area contributed by atoms with E-state index in [-0.39, 0.29) is 5.78 Å². The number of ketones is 1. The van der Waals surface area contributed by atoms with Crippen LogP contribution >= 0.6 is 0 Å². The number of nitrogens with zero attached hydrogens (tertiary/aromatic N) is 1. The van der Waals surface area contributed by atoms with Crippen molar-refractivity contribution in [3.63, 3.8) is 0 Å². The van der Waals surface area contributed by atoms with Crippen molar-refractivity contribution in [3.05, 3.63) is 29.1 Å². The van der Waals surface area contributed by atoms with Crippen LogP contribution in [-0.4, -0.2) is 10.8 Å². The molecule has 0 atom stereocenters. The molecule has 13 heavy (non-hydrogen) atoms. The number of fused-ring (bicyclic) bond motifs is 1. The lowest BCUT2D eigenvalue weighted by Crippen LogP contribution is -2.13. The molecule has 0 amide bonds. The van der Waals surface area contributed by atoms with Crippen molar-refractivity contribution in [3.8, 4) is 0 Å². The molecule has 0 N–H and O–H groups in total. The van der Waals surface area contributed by atoms with E-state index in [1.54, 1.807) is 0 Å². The number of aromatic nitrogens is 1. The zero-order valence-electron chi connectivity index (χ0n) is 7.84. The van der Waals surface area contributed by atoms with Gasteiger partial charge in [-0.2, -0.15) is 0 Å². The first-order valence-corrected chi connectivity index (χ1v) is 4.83. The van der Waals surface area contributed by atoms with Crippen LogP contribution in [0.25, 0.3) is 0 Å². The number of rotatable bonds is 1. The van der Waals surface area contributed by atoms with E-state index in [2.05, 4.69) is 18.0 Å². The molecule has 0 spiro atoms. The smallest absolute Gasteiger partial charge is 0.181 e. The van der Waals surface area contributed by atoms with Crippen molar-refractivity contribution >= 4 is 5.78 Å². The average Bonchev–Trinajstić information content (AvgIpc) is 2.18. The maximum atomic E-state index is 11.5. The molecular formula is C11H13NO. The van der Waals surface area contributed by atoms with Gasteiger partial charge in [-0.05, 0) is 30.9 Å². The molecule has 0 bridgehead atoms. The Balaban J connectivity index is 2.47. The van der Waals surface area contributed by atoms with Crippen LogP contribution in [0, 0.1) is 0 Å². The lowest BCUT2D eigenvalue weighted by Gasteiger charge is -2.13. The molecule has 1 aromatic rings. The third kappa shape index (κ3) is 1.48. The van der Waals surface area contributed by atoms with Crippen LogP contribution in [0.2, 0.25) is 0 Å². The number of aryl methyl sites for hydroxylation is 2. The molecule has 68 valence electrons. The standard InChI is InChI=1S/C11H13NO/c1-2-9-7-6-8-4-3-5-10(13)11(8)12-9/h6-7H,2-5H2,1H3. The molecular weight excluding hydrogens is 162 g/mol. The zero-order chi connectivity index (χ0) is 9.26. The van der Waals surface area contributed by atoms with Gasteiger partial charge in [0.15, 0.2) is 5.78 Å². The lowest BCUT2D eigenvalue weighted by molar-refractivity contribution is 0.0967. The minimum Gasteiger partial charge on any atom is -0.292 e. The summed E-state index contributed by atoms with van der Waals surface area (Å²) in [5, 5.41) is 0. The van der Waals surface area contributed by atoms with E-state index in [4.69, 9.17) is 0 Å². The highest BCUT2D eigenvalue weighted by Crippen LogP contribution is 2.19. The maximum absolute atomic E-state index is 11.5. The van der Waals surface area contributed by atoms with Crippen LogP contribution in [0.3, 0.4) is 0 Å². The van der Waals surface area contributed by atoms with Crippen LogP contribution < -0.4 is 0 Å². The van der Waals surface area contributed by atoms with Crippen molar-refractivity contribution in [1.29, 1.82) is 0 Å². The van der Waals surface area contributed by atoms with Crippen LogP contribution in [0.5, 0.6) is 0 Å². The molecule has 1 heterocycles. The summed E-state index contributed by atoms with van der Waals surface area (Å²) in [5.74, 6) is 0.219. The fourth-order valence-electron chi connectivity index (χ4n) is 1.73. The van der Waals surface area contributed by atoms with Gasteiger partial charge in [0.1, 0.15) is 5.69 Å². The van der Waals surface area contributed by atoms with E-state index < -0.39 is 0 Å². The van der Waals surface area contributed by atoms with E-state index >= 15 is 0 Å². The molecule has 0 saturated carbocycles. The number of hydrogen-bond acceptors (Lipinski definition) is 2. The normalized spacial score (nSPS) is 15.6. The van der Waals surface area contributed by atoms with Crippen molar-refractivity contribution in [2.45, 2.75) is 32.6 Å². The summed E-state index contributed by atoms with van der Waals surface area (Å²) in [6, 6.07) is 4.08. The predicted molar refractivity (Wildman–Crippen MR) is 50.9 cm³/mol. The molecule has 0 radical (unpaired) electrons. The van der Waals surface area contributed by atoms with Gasteiger partial charge in [-0.15, -0.1) is 0 Å². The topological polar surface area (TPSA) is 30.0 Å². The third-order valence-corrected chi connectivity index (χ3v) is 2.51. The number of pyridine rings is 1. The van der Waals surface area contributed by atoms with Gasteiger partial charge in [0.2, 0.25) is 0 Å². The molecule has 0 aromatic carbocycles. The number of Topliss-reactive ketones (excluding diaryl/α,β-unsaturated/α-hetero) is 1. The first-order valence-electron chi connectivity index (χ1n) is 4.83. The molecule has 0 fully saturated rings. The van der Waals surface area contributed by atoms with Crippen molar-refractivity contribution in [1.82, 2.24) is 4.98 Å². The fraction of sp³-hybridized carbons (Fsp3) is 0.455. The molecule has 1 aromatic heterocycles. The Morgan fingerprint density at radius 3 is 3.00 bits per heavy atom. The molecule has 1 aliphatic carbocycles. The number of hydrogen-bond donors (Lipinski definition) is 0. The third-order valence-electron chi connectivity index (χ3n) is 2.51. The van der Waals surface area contributed by atoms with Gasteiger partial charge >= 0.3 is 0 Å². The Morgan fingerprint density at radius 2 is 2.23 bits per heavy atom. The van der Waals surface area contributed by atoms with Crippen molar-refractivity contribution in [2.24, 2.45) is 0 Å². The van der Waals surface area contributed by atoms with Gasteiger partial charge in [-0.3, -0.25) is 4.79 Å². The van der Waals surface area contributed by atoms with E-state index in [1.165, 1.54) is 0 Å². The quantitative estimate of drug-likeness (QED) is 0.654. The SMILES string of the molecule is CCc1ccc2c(n1)C(=O)CCC2. The van der Waals surface area contributed by atoms with Gasteiger partial charge in [-0.1, -0.05) is 13.0 Å². The second-order valence-electron chi connectivity index (χ2n) is 3.44. The molecule has 2 nitrogen and oxygen atoms in total. The largest absolute Gasteiger partial charge is 0.292 e. The van der Waals surface area contributed by atoms with Crippen molar-refractivity contribution in [2.75, 3.05) is 0 Å². The second kappa shape index (κ2) is 3.29. The van der Waals surface area contributed by atoms with E-state index in [1.807, 2.05) is 6.07 Å². The van der Waals surface area contributed by atoms with Gasteiger partial charge in [0.05, 0.1) is 0 Å². The van der Waals surface area contributed by atoms with E-state index in [0.29, 0.717) is 6.42 Å². The molecule has 1 aliphatic rings. The van der Waals surface area contributed by atoms with E-state index in [9.17, 15) is 4.79 Å². The van der Waals surface area contributed by atoms with Crippen molar-refractivity contribution < 1.29 is 4.79 Å². The zero-order valence-corrected chi connectivity index (χ0v) is 7.84. The summed E-state index contributed by atoms with van der Waals surface area (Å²) in [7, 11) is 0. The number of carbonyl (C=O) groups is 1. The highest BCUT2D eigenvalue weighted by atomic mass is 16.1. The molecule has 0 aliphatic heterocycles. The highest BCUT2D eigenvalue weighted by Gasteiger charge is 2.18. The van der Waals surface area contributed by atoms with Crippen LogP contribution in [0.15, 0.2) is 12.1 Å². The van der Waals surface area contributed by atoms with Crippen LogP contribution in [0.1, 0.15) is 41.5 Å². The first-order chi connectivity index (χ1) is 6.31. The molecule has 0 saturated heterocycles.